The molecule has 2 aromatic rings. The normalized spacial score (nSPS) is 12.9. The van der Waals surface area contributed by atoms with Gasteiger partial charge in [0.15, 0.2) is 0 Å². The summed E-state index contributed by atoms with van der Waals surface area (Å²) in [6.07, 6.45) is 0.304. The van der Waals surface area contributed by atoms with Crippen LogP contribution in [0.2, 0.25) is 0 Å². The molecule has 0 bridgehead atoms. The van der Waals surface area contributed by atoms with Gasteiger partial charge in [-0.05, 0) is 17.2 Å². The van der Waals surface area contributed by atoms with Gasteiger partial charge in [0.25, 0.3) is 6.43 Å². The van der Waals surface area contributed by atoms with Crippen LogP contribution in [0.1, 0.15) is 29.2 Å². The average molecular weight is 238 g/mol. The van der Waals surface area contributed by atoms with E-state index in [-0.39, 0.29) is 5.56 Å². The van der Waals surface area contributed by atoms with Crippen LogP contribution >= 0.6 is 0 Å². The number of furan rings is 1. The number of halogens is 2. The van der Waals surface area contributed by atoms with Gasteiger partial charge in [0.1, 0.15) is 0 Å². The quantitative estimate of drug-likeness (QED) is 0.884. The van der Waals surface area contributed by atoms with Crippen LogP contribution in [0.15, 0.2) is 47.3 Å². The highest BCUT2D eigenvalue weighted by atomic mass is 19.3. The van der Waals surface area contributed by atoms with E-state index in [1.165, 1.54) is 30.5 Å². The molecule has 17 heavy (non-hydrogen) atoms. The summed E-state index contributed by atoms with van der Waals surface area (Å²) in [5, 5.41) is 9.89. The molecule has 0 saturated heterocycles. The lowest BCUT2D eigenvalue weighted by molar-refractivity contribution is 0.151. The highest BCUT2D eigenvalue weighted by molar-refractivity contribution is 5.26. The third kappa shape index (κ3) is 2.91. The van der Waals surface area contributed by atoms with E-state index in [1.807, 2.05) is 0 Å². The van der Waals surface area contributed by atoms with Crippen molar-refractivity contribution in [2.75, 3.05) is 0 Å². The first-order valence-electron chi connectivity index (χ1n) is 5.24. The monoisotopic (exact) mass is 238 g/mol. The Kier molecular flexibility index (Phi) is 3.54. The second kappa shape index (κ2) is 5.10. The second-order valence-electron chi connectivity index (χ2n) is 3.82. The van der Waals surface area contributed by atoms with Gasteiger partial charge in [-0.15, -0.1) is 0 Å². The van der Waals surface area contributed by atoms with Crippen LogP contribution in [0, 0.1) is 0 Å². The highest BCUT2D eigenvalue weighted by Crippen LogP contribution is 2.23. The molecule has 0 aliphatic heterocycles. The van der Waals surface area contributed by atoms with Crippen molar-refractivity contribution < 1.29 is 18.3 Å². The number of aliphatic hydroxyl groups is 1. The van der Waals surface area contributed by atoms with Crippen LogP contribution in [-0.4, -0.2) is 5.11 Å². The summed E-state index contributed by atoms with van der Waals surface area (Å²) in [5.74, 6) is 0. The molecule has 0 spiro atoms. The van der Waals surface area contributed by atoms with Crippen molar-refractivity contribution in [3.8, 4) is 0 Å². The molecule has 0 amide bonds. The van der Waals surface area contributed by atoms with Gasteiger partial charge < -0.3 is 9.52 Å². The van der Waals surface area contributed by atoms with E-state index in [9.17, 15) is 13.9 Å². The topological polar surface area (TPSA) is 33.4 Å². The fourth-order valence-electron chi connectivity index (χ4n) is 1.61. The van der Waals surface area contributed by atoms with Crippen LogP contribution in [-0.2, 0) is 6.42 Å². The van der Waals surface area contributed by atoms with E-state index in [0.29, 0.717) is 12.0 Å². The Hall–Kier alpha value is -1.68. The van der Waals surface area contributed by atoms with Crippen LogP contribution < -0.4 is 0 Å². The first-order valence-corrected chi connectivity index (χ1v) is 5.24. The Balaban J connectivity index is 2.06. The van der Waals surface area contributed by atoms with Crippen molar-refractivity contribution in [1.29, 1.82) is 0 Å². The lowest BCUT2D eigenvalue weighted by atomic mass is 10.0. The van der Waals surface area contributed by atoms with E-state index in [4.69, 9.17) is 4.42 Å². The van der Waals surface area contributed by atoms with E-state index < -0.39 is 12.5 Å². The second-order valence-corrected chi connectivity index (χ2v) is 3.82. The van der Waals surface area contributed by atoms with Crippen molar-refractivity contribution in [3.05, 3.63) is 59.5 Å². The van der Waals surface area contributed by atoms with E-state index >= 15 is 0 Å². The predicted octanol–water partition coefficient (Wildman–Crippen LogP) is 3.49. The molecule has 90 valence electrons. The summed E-state index contributed by atoms with van der Waals surface area (Å²) < 4.78 is 29.6. The van der Waals surface area contributed by atoms with E-state index in [2.05, 4.69) is 0 Å². The first kappa shape index (κ1) is 11.8. The van der Waals surface area contributed by atoms with Crippen molar-refractivity contribution >= 4 is 0 Å². The van der Waals surface area contributed by atoms with E-state index in [0.717, 1.165) is 5.56 Å². The number of alkyl halides is 2. The zero-order valence-electron chi connectivity index (χ0n) is 9.01. The lowest BCUT2D eigenvalue weighted by Gasteiger charge is -2.10. The summed E-state index contributed by atoms with van der Waals surface area (Å²) in [6, 6.07) is 7.46. The van der Waals surface area contributed by atoms with Gasteiger partial charge in [-0.1, -0.05) is 24.3 Å². The maximum atomic E-state index is 12.3. The van der Waals surface area contributed by atoms with Crippen molar-refractivity contribution in [2.45, 2.75) is 19.0 Å². The number of hydrogen-bond acceptors (Lipinski definition) is 2. The summed E-state index contributed by atoms with van der Waals surface area (Å²) >= 11 is 0. The molecule has 2 nitrogen and oxygen atoms in total. The Morgan fingerprint density at radius 3 is 2.24 bits per heavy atom. The van der Waals surface area contributed by atoms with Gasteiger partial charge >= 0.3 is 0 Å². The van der Waals surface area contributed by atoms with Crippen LogP contribution in [0.25, 0.3) is 0 Å². The van der Waals surface area contributed by atoms with Crippen molar-refractivity contribution in [2.24, 2.45) is 0 Å². The number of rotatable bonds is 4. The van der Waals surface area contributed by atoms with Crippen LogP contribution in [0.4, 0.5) is 8.78 Å². The van der Waals surface area contributed by atoms with Gasteiger partial charge in [0.2, 0.25) is 0 Å². The number of benzene rings is 1. The minimum atomic E-state index is -2.48. The smallest absolute Gasteiger partial charge is 0.263 e. The highest BCUT2D eigenvalue weighted by Gasteiger charge is 2.11. The maximum absolute atomic E-state index is 12.3. The Morgan fingerprint density at radius 2 is 1.71 bits per heavy atom. The predicted molar refractivity (Wildman–Crippen MR) is 58.8 cm³/mol. The molecule has 1 unspecified atom stereocenters. The maximum Gasteiger partial charge on any atom is 0.263 e. The van der Waals surface area contributed by atoms with Gasteiger partial charge in [0.05, 0.1) is 18.6 Å². The summed E-state index contributed by atoms with van der Waals surface area (Å²) in [6.45, 7) is 0. The van der Waals surface area contributed by atoms with Gasteiger partial charge in [-0.3, -0.25) is 0 Å². The molecule has 0 aliphatic carbocycles. The Labute approximate surface area is 97.5 Å². The molecule has 0 fully saturated rings. The zero-order valence-corrected chi connectivity index (χ0v) is 9.01. The van der Waals surface area contributed by atoms with Crippen molar-refractivity contribution in [1.82, 2.24) is 0 Å². The Bertz CT molecular complexity index is 449. The number of aliphatic hydroxyl groups excluding tert-OH is 1. The molecule has 0 radical (unpaired) electrons. The largest absolute Gasteiger partial charge is 0.472 e. The fraction of sp³-hybridized carbons (Fsp3) is 0.231. The minimum absolute atomic E-state index is 0.0377. The molecule has 1 heterocycles. The minimum Gasteiger partial charge on any atom is -0.472 e. The molecular formula is C13H12F2O2. The van der Waals surface area contributed by atoms with Gasteiger partial charge in [-0.25, -0.2) is 8.78 Å². The summed E-state index contributed by atoms with van der Waals surface area (Å²) in [4.78, 5) is 0. The van der Waals surface area contributed by atoms with Crippen LogP contribution in [0.5, 0.6) is 0 Å². The van der Waals surface area contributed by atoms with Crippen LogP contribution in [0.3, 0.4) is 0 Å². The van der Waals surface area contributed by atoms with Gasteiger partial charge in [0, 0.05) is 12.0 Å². The zero-order chi connectivity index (χ0) is 12.3. The molecule has 0 saturated carbocycles. The van der Waals surface area contributed by atoms with Crippen molar-refractivity contribution in [3.63, 3.8) is 0 Å². The lowest BCUT2D eigenvalue weighted by Crippen LogP contribution is -2.01. The SMILES string of the molecule is OC(Cc1ccoc1)c1ccc(C(F)F)cc1. The summed E-state index contributed by atoms with van der Waals surface area (Å²) in [5.41, 5.74) is 1.45. The van der Waals surface area contributed by atoms with Gasteiger partial charge in [-0.2, -0.15) is 0 Å². The third-order valence-electron chi connectivity index (χ3n) is 2.58. The molecule has 0 aliphatic rings. The fourth-order valence-corrected chi connectivity index (χ4v) is 1.61. The molecule has 1 atom stereocenters. The Morgan fingerprint density at radius 1 is 1.06 bits per heavy atom. The third-order valence-corrected chi connectivity index (χ3v) is 2.58. The molecule has 4 heteroatoms. The molecular weight excluding hydrogens is 226 g/mol. The first-order chi connectivity index (χ1) is 8.16. The summed E-state index contributed by atoms with van der Waals surface area (Å²) in [7, 11) is 0. The molecule has 1 aromatic carbocycles. The molecule has 1 N–H and O–H groups in total. The molecule has 2 rings (SSSR count). The van der Waals surface area contributed by atoms with E-state index in [1.54, 1.807) is 12.3 Å². The average Bonchev–Trinajstić information content (AvgIpc) is 2.82. The standard InChI is InChI=1S/C13H12F2O2/c14-13(15)11-3-1-10(2-4-11)12(16)7-9-5-6-17-8-9/h1-6,8,12-13,16H,7H2. The molecule has 1 aromatic heterocycles. The number of hydrogen-bond donors (Lipinski definition) is 1.